The molecular formula is C41H52BrN3O7. The minimum Gasteiger partial charge on any atom is -0.455 e. The zero-order valence-corrected chi connectivity index (χ0v) is 32.4. The van der Waals surface area contributed by atoms with Gasteiger partial charge in [-0.3, -0.25) is 19.2 Å². The lowest BCUT2D eigenvalue weighted by atomic mass is 9.70. The Kier molecular flexibility index (Phi) is 12.5. The van der Waals surface area contributed by atoms with E-state index in [1.54, 1.807) is 24.0 Å². The van der Waals surface area contributed by atoms with Gasteiger partial charge in [0.05, 0.1) is 36.6 Å². The van der Waals surface area contributed by atoms with Gasteiger partial charge in [-0.05, 0) is 56.2 Å². The maximum absolute atomic E-state index is 15.2. The minimum atomic E-state index is -1.37. The second-order valence-electron chi connectivity index (χ2n) is 14.5. The molecule has 10 atom stereocenters. The maximum Gasteiger partial charge on any atom is 0.313 e. The molecule has 3 saturated heterocycles. The van der Waals surface area contributed by atoms with Crippen LogP contribution in [0.15, 0.2) is 73.8 Å². The summed E-state index contributed by atoms with van der Waals surface area (Å²) in [7, 11) is 0. The predicted molar refractivity (Wildman–Crippen MR) is 204 cm³/mol. The fraction of sp³-hybridized carbons (Fsp3) is 0.512. The van der Waals surface area contributed by atoms with Crippen LogP contribution in [0.5, 0.6) is 0 Å². The molecule has 0 aliphatic carbocycles. The molecule has 5 rings (SSSR count). The molecule has 0 radical (unpaired) electrons. The molecule has 11 heteroatoms. The Balaban J connectivity index is 1.58. The molecule has 1 unspecified atom stereocenters. The van der Waals surface area contributed by atoms with Gasteiger partial charge in [0.1, 0.15) is 17.7 Å². The third-order valence-corrected chi connectivity index (χ3v) is 12.0. The fourth-order valence-electron chi connectivity index (χ4n) is 8.53. The minimum absolute atomic E-state index is 0.164. The Morgan fingerprint density at radius 2 is 1.79 bits per heavy atom. The van der Waals surface area contributed by atoms with E-state index in [4.69, 9.17) is 9.47 Å². The zero-order chi connectivity index (χ0) is 37.9. The zero-order valence-electron chi connectivity index (χ0n) is 30.8. The first-order valence-corrected chi connectivity index (χ1v) is 19.2. The van der Waals surface area contributed by atoms with E-state index in [-0.39, 0.29) is 42.1 Å². The van der Waals surface area contributed by atoms with Crippen molar-refractivity contribution in [2.24, 2.45) is 17.8 Å². The number of nitrogens with zero attached hydrogens (tertiary/aromatic N) is 2. The summed E-state index contributed by atoms with van der Waals surface area (Å²) in [6.07, 6.45) is 3.39. The van der Waals surface area contributed by atoms with Gasteiger partial charge in [-0.25, -0.2) is 0 Å². The molecule has 3 amide bonds. The topological polar surface area (TPSA) is 125 Å². The SMILES string of the molecule is C=CCCC(=O)N[C@H](C)[C@@H](OC(=O)[C@@H]1[C@H]2O[C@@]3(CC2Br)[C@H](C(=O)N(CC=C)c2c(C)cccc2C)N([C@@H](CO)[C@@H](C)CC)C(=O)[C@@H]13)c1ccccc1. The van der Waals surface area contributed by atoms with Gasteiger partial charge in [-0.1, -0.05) is 96.9 Å². The number of anilines is 1. The van der Waals surface area contributed by atoms with Crippen molar-refractivity contribution in [3.63, 3.8) is 0 Å². The van der Waals surface area contributed by atoms with Crippen LogP contribution in [0.2, 0.25) is 0 Å². The second kappa shape index (κ2) is 16.5. The van der Waals surface area contributed by atoms with E-state index in [0.29, 0.717) is 24.8 Å². The molecule has 3 aliphatic heterocycles. The first kappa shape index (κ1) is 39.4. The number of alkyl halides is 1. The Labute approximate surface area is 315 Å². The van der Waals surface area contributed by atoms with Gasteiger partial charge in [0.2, 0.25) is 11.8 Å². The lowest BCUT2D eigenvalue weighted by Crippen LogP contribution is -2.60. The average molecular weight is 779 g/mol. The van der Waals surface area contributed by atoms with Crippen LogP contribution in [0.25, 0.3) is 0 Å². The van der Waals surface area contributed by atoms with Gasteiger partial charge in [0.15, 0.2) is 0 Å². The summed E-state index contributed by atoms with van der Waals surface area (Å²) in [6, 6.07) is 12.5. The van der Waals surface area contributed by atoms with Crippen LogP contribution in [0.4, 0.5) is 5.69 Å². The number of likely N-dealkylation sites (tertiary alicyclic amines) is 1. The predicted octanol–water partition coefficient (Wildman–Crippen LogP) is 5.73. The number of fused-ring (bicyclic) bond motifs is 1. The molecule has 0 saturated carbocycles. The Morgan fingerprint density at radius 3 is 2.38 bits per heavy atom. The molecule has 3 aliphatic rings. The summed E-state index contributed by atoms with van der Waals surface area (Å²) in [5.74, 6) is -3.88. The lowest BCUT2D eigenvalue weighted by molar-refractivity contribution is -0.162. The number of carbonyl (C=O) groups is 4. The standard InChI is InChI=1S/C41H52BrN3O7/c1-8-11-20-31(47)43-27(7)35(28-18-13-12-14-19-28)51-40(50)32-33-38(48)45(30(23-46)24(4)10-3)37(41(33)22-29(42)36(32)52-41)39(49)44(21-9-2)34-25(5)16-15-17-26(34)6/h8-9,12-19,24,27,29-30,32-33,35-37,46H,1-2,10-11,20-23H2,3-7H3,(H,43,47)/t24-,27+,29?,30-,32-,33+,35+,36-,37-,41+/m0/s1. The highest BCUT2D eigenvalue weighted by molar-refractivity contribution is 9.09. The number of rotatable bonds is 16. The lowest BCUT2D eigenvalue weighted by Gasteiger charge is -2.41. The van der Waals surface area contributed by atoms with Crippen molar-refractivity contribution in [1.82, 2.24) is 10.2 Å². The van der Waals surface area contributed by atoms with E-state index in [9.17, 15) is 19.5 Å². The molecule has 0 aromatic heterocycles. The van der Waals surface area contributed by atoms with Crippen LogP contribution in [0.3, 0.4) is 0 Å². The maximum atomic E-state index is 15.2. The number of aryl methyl sites for hydroxylation is 2. The highest BCUT2D eigenvalue weighted by Crippen LogP contribution is 2.61. The van der Waals surface area contributed by atoms with E-state index in [1.165, 1.54) is 4.90 Å². The molecule has 2 bridgehead atoms. The molecule has 3 fully saturated rings. The van der Waals surface area contributed by atoms with Crippen LogP contribution in [0.1, 0.15) is 69.2 Å². The summed E-state index contributed by atoms with van der Waals surface area (Å²) in [5.41, 5.74) is 1.79. The Bertz CT molecular complexity index is 1650. The molecular weight excluding hydrogens is 726 g/mol. The molecule has 52 heavy (non-hydrogen) atoms. The number of nitrogens with one attached hydrogen (secondary N) is 1. The molecule has 2 N–H and O–H groups in total. The Hall–Kier alpha value is -3.80. The smallest absolute Gasteiger partial charge is 0.313 e. The molecule has 280 valence electrons. The number of hydrogen-bond donors (Lipinski definition) is 2. The number of hydrogen-bond acceptors (Lipinski definition) is 7. The first-order chi connectivity index (χ1) is 24.9. The Morgan fingerprint density at radius 1 is 1.12 bits per heavy atom. The number of aliphatic hydroxyl groups excluding tert-OH is 1. The third kappa shape index (κ3) is 7.11. The van der Waals surface area contributed by atoms with E-state index in [2.05, 4.69) is 34.4 Å². The number of carbonyl (C=O) groups excluding carboxylic acids is 4. The quantitative estimate of drug-likeness (QED) is 0.127. The van der Waals surface area contributed by atoms with Crippen molar-refractivity contribution in [3.05, 3.63) is 90.5 Å². The van der Waals surface area contributed by atoms with Crippen LogP contribution < -0.4 is 10.2 Å². The molecule has 3 heterocycles. The number of allylic oxidation sites excluding steroid dienone is 1. The number of esters is 1. The van der Waals surface area contributed by atoms with Crippen molar-refractivity contribution >= 4 is 45.3 Å². The van der Waals surface area contributed by atoms with Crippen molar-refractivity contribution in [2.75, 3.05) is 18.1 Å². The molecule has 10 nitrogen and oxygen atoms in total. The van der Waals surface area contributed by atoms with Gasteiger partial charge in [-0.15, -0.1) is 13.2 Å². The summed E-state index contributed by atoms with van der Waals surface area (Å²) in [4.78, 5) is 60.3. The van der Waals surface area contributed by atoms with Gasteiger partial charge in [0.25, 0.3) is 5.91 Å². The molecule has 1 spiro atoms. The largest absolute Gasteiger partial charge is 0.455 e. The highest BCUT2D eigenvalue weighted by atomic mass is 79.9. The summed E-state index contributed by atoms with van der Waals surface area (Å²) in [6.45, 7) is 17.0. The van der Waals surface area contributed by atoms with E-state index in [0.717, 1.165) is 16.8 Å². The van der Waals surface area contributed by atoms with Crippen LogP contribution >= 0.6 is 15.9 Å². The van der Waals surface area contributed by atoms with Crippen molar-refractivity contribution < 1.29 is 33.8 Å². The van der Waals surface area contributed by atoms with Crippen LogP contribution in [0, 0.1) is 31.6 Å². The van der Waals surface area contributed by atoms with Gasteiger partial charge in [0, 0.05) is 23.5 Å². The van der Waals surface area contributed by atoms with E-state index >= 15 is 4.79 Å². The number of ether oxygens (including phenoxy) is 2. The van der Waals surface area contributed by atoms with Gasteiger partial charge < -0.3 is 29.7 Å². The normalized spacial score (nSPS) is 26.9. The summed E-state index contributed by atoms with van der Waals surface area (Å²) >= 11 is 3.76. The van der Waals surface area contributed by atoms with Crippen LogP contribution in [-0.4, -0.2) is 81.5 Å². The molecule has 2 aromatic carbocycles. The number of benzene rings is 2. The second-order valence-corrected chi connectivity index (χ2v) is 15.7. The average Bonchev–Trinajstić information content (AvgIpc) is 3.72. The fourth-order valence-corrected chi connectivity index (χ4v) is 9.47. The first-order valence-electron chi connectivity index (χ1n) is 18.3. The van der Waals surface area contributed by atoms with Gasteiger partial charge in [-0.2, -0.15) is 0 Å². The van der Waals surface area contributed by atoms with Crippen molar-refractivity contribution in [3.8, 4) is 0 Å². The number of halogens is 1. The third-order valence-electron chi connectivity index (χ3n) is 11.2. The van der Waals surface area contributed by atoms with Crippen molar-refractivity contribution in [2.45, 2.75) is 101 Å². The number of amides is 3. The summed E-state index contributed by atoms with van der Waals surface area (Å²) in [5, 5.41) is 13.8. The number of aliphatic hydroxyl groups is 1. The number of para-hydroxylation sites is 1. The summed E-state index contributed by atoms with van der Waals surface area (Å²) < 4.78 is 13.1. The van der Waals surface area contributed by atoms with E-state index in [1.807, 2.05) is 76.2 Å². The van der Waals surface area contributed by atoms with Gasteiger partial charge >= 0.3 is 5.97 Å². The van der Waals surface area contributed by atoms with E-state index < -0.39 is 59.6 Å². The van der Waals surface area contributed by atoms with Crippen LogP contribution in [-0.2, 0) is 28.7 Å². The van der Waals surface area contributed by atoms with Crippen molar-refractivity contribution in [1.29, 1.82) is 0 Å². The monoisotopic (exact) mass is 777 g/mol. The highest BCUT2D eigenvalue weighted by Gasteiger charge is 2.78. The molecule has 2 aromatic rings.